The van der Waals surface area contributed by atoms with Crippen molar-refractivity contribution in [3.63, 3.8) is 0 Å². The number of carbonyl (C=O) groups is 1. The molecule has 3 aromatic rings. The number of rotatable bonds is 6. The molecule has 6 nitrogen and oxygen atoms in total. The number of nitrogens with zero attached hydrogens (tertiary/aromatic N) is 1. The Balaban J connectivity index is 1.77. The van der Waals surface area contributed by atoms with Crippen molar-refractivity contribution in [1.29, 1.82) is 0 Å². The molecule has 0 aliphatic carbocycles. The predicted molar refractivity (Wildman–Crippen MR) is 132 cm³/mol. The van der Waals surface area contributed by atoms with Gasteiger partial charge in [0, 0.05) is 17.0 Å². The molecule has 0 radical (unpaired) electrons. The van der Waals surface area contributed by atoms with Crippen LogP contribution in [0.2, 0.25) is 5.02 Å². The molecule has 0 bridgehead atoms. The number of nitrogens with one attached hydrogen (secondary N) is 1. The fourth-order valence-corrected chi connectivity index (χ4v) is 4.33. The molecule has 2 N–H and O–H groups in total. The fraction of sp³-hybridized carbons (Fsp3) is 0.200. The average Bonchev–Trinajstić information content (AvgIpc) is 3.40. The molecule has 8 heteroatoms. The summed E-state index contributed by atoms with van der Waals surface area (Å²) in [6.07, 6.45) is 0.788. The first-order valence-electron chi connectivity index (χ1n) is 10.3. The summed E-state index contributed by atoms with van der Waals surface area (Å²) < 4.78 is 10.1. The second-order valence-electron chi connectivity index (χ2n) is 7.78. The van der Waals surface area contributed by atoms with Crippen molar-refractivity contribution < 1.29 is 19.2 Å². The van der Waals surface area contributed by atoms with Crippen LogP contribution in [0.15, 0.2) is 52.6 Å². The number of hydrogen-bond donors (Lipinski definition) is 2. The second kappa shape index (κ2) is 9.33. The molecular weight excluding hydrogens is 463 g/mol. The van der Waals surface area contributed by atoms with E-state index in [0.29, 0.717) is 22.2 Å². The van der Waals surface area contributed by atoms with Gasteiger partial charge in [-0.1, -0.05) is 41.4 Å². The van der Waals surface area contributed by atoms with Gasteiger partial charge in [0.05, 0.1) is 29.5 Å². The number of fused-ring (bicyclic) bond motifs is 1. The smallest absolute Gasteiger partial charge is 0.260 e. The summed E-state index contributed by atoms with van der Waals surface area (Å²) in [5.74, 6) is -0.0252. The van der Waals surface area contributed by atoms with Crippen LogP contribution in [-0.4, -0.2) is 29.2 Å². The number of anilines is 1. The van der Waals surface area contributed by atoms with E-state index >= 15 is 0 Å². The number of aromatic nitrogens is 1. The molecule has 1 aromatic heterocycles. The third kappa shape index (κ3) is 4.36. The molecule has 1 aliphatic rings. The Hall–Kier alpha value is -3.22. The maximum Gasteiger partial charge on any atom is 0.260 e. The zero-order chi connectivity index (χ0) is 23.7. The summed E-state index contributed by atoms with van der Waals surface area (Å²) in [4.78, 5) is 12.6. The fourth-order valence-electron chi connectivity index (χ4n) is 3.87. The summed E-state index contributed by atoms with van der Waals surface area (Å²) in [5, 5.41) is 17.7. The number of amides is 1. The number of allylic oxidation sites excluding steroid dienone is 2. The van der Waals surface area contributed by atoms with Crippen molar-refractivity contribution in [2.24, 2.45) is 0 Å². The maximum atomic E-state index is 12.6. The first kappa shape index (κ1) is 23.0. The monoisotopic (exact) mass is 484 g/mol. The van der Waals surface area contributed by atoms with Crippen molar-refractivity contribution in [3.8, 4) is 17.0 Å². The maximum absolute atomic E-state index is 12.6. The highest BCUT2D eigenvalue weighted by Gasteiger charge is 2.31. The van der Waals surface area contributed by atoms with Gasteiger partial charge in [-0.05, 0) is 54.3 Å². The second-order valence-corrected chi connectivity index (χ2v) is 8.57. The van der Waals surface area contributed by atoms with Gasteiger partial charge in [0.2, 0.25) is 5.76 Å². The Morgan fingerprint density at radius 3 is 2.48 bits per heavy atom. The highest BCUT2D eigenvalue weighted by molar-refractivity contribution is 6.38. The first-order chi connectivity index (χ1) is 15.8. The number of aliphatic hydroxyl groups excluding tert-OH is 1. The van der Waals surface area contributed by atoms with Crippen molar-refractivity contribution in [3.05, 3.63) is 69.9 Å². The van der Waals surface area contributed by atoms with Crippen LogP contribution in [0.4, 0.5) is 5.69 Å². The minimum atomic E-state index is -0.462. The largest absolute Gasteiger partial charge is 0.504 e. The molecule has 1 aliphatic heterocycles. The number of ether oxygens (including phenoxy) is 1. The van der Waals surface area contributed by atoms with Crippen molar-refractivity contribution in [2.75, 3.05) is 18.3 Å². The number of methoxy groups -OCH3 is 1. The van der Waals surface area contributed by atoms with Gasteiger partial charge in [-0.25, -0.2) is 0 Å². The molecule has 170 valence electrons. The van der Waals surface area contributed by atoms with E-state index in [4.69, 9.17) is 32.5 Å². The topological polar surface area (TPSA) is 84.6 Å². The summed E-state index contributed by atoms with van der Waals surface area (Å²) in [6.45, 7) is 4.14. The molecule has 0 fully saturated rings. The van der Waals surface area contributed by atoms with Crippen LogP contribution in [0, 0.1) is 0 Å². The highest BCUT2D eigenvalue weighted by atomic mass is 35.5. The van der Waals surface area contributed by atoms with E-state index < -0.39 is 5.91 Å². The molecule has 2 aromatic carbocycles. The molecule has 0 saturated heterocycles. The summed E-state index contributed by atoms with van der Waals surface area (Å²) in [7, 11) is 1.43. The normalized spacial score (nSPS) is 14.0. The Bertz CT molecular complexity index is 1290. The number of halogens is 2. The van der Waals surface area contributed by atoms with E-state index in [0.717, 1.165) is 23.1 Å². The summed E-state index contributed by atoms with van der Waals surface area (Å²) in [5.41, 5.74) is 6.25. The molecule has 33 heavy (non-hydrogen) atoms. The quantitative estimate of drug-likeness (QED) is 0.228. The van der Waals surface area contributed by atoms with Gasteiger partial charge in [0.25, 0.3) is 11.8 Å². The van der Waals surface area contributed by atoms with Crippen LogP contribution in [0.1, 0.15) is 37.2 Å². The molecule has 1 amide bonds. The van der Waals surface area contributed by atoms with Crippen LogP contribution in [-0.2, 0) is 4.79 Å². The lowest BCUT2D eigenvalue weighted by molar-refractivity contribution is -0.110. The SMILES string of the molecule is COc1cc(/C(O)=C2\C(=O)Nc3cc(Cl)c(-c4ccc(C(CCCl)=C(C)C)cc4)cc32)on1. The molecule has 0 saturated carbocycles. The zero-order valence-corrected chi connectivity index (χ0v) is 19.8. The molecule has 0 unspecified atom stereocenters. The number of carbonyl (C=O) groups excluding carboxylic acids is 1. The Morgan fingerprint density at radius 1 is 1.15 bits per heavy atom. The third-order valence-corrected chi connectivity index (χ3v) is 6.01. The lowest BCUT2D eigenvalue weighted by Crippen LogP contribution is -2.05. The number of alkyl halides is 1. The molecular formula is C25H22Cl2N2O4. The van der Waals surface area contributed by atoms with E-state index in [1.807, 2.05) is 24.3 Å². The van der Waals surface area contributed by atoms with Gasteiger partial charge < -0.3 is 19.7 Å². The third-order valence-electron chi connectivity index (χ3n) is 5.51. The van der Waals surface area contributed by atoms with Crippen LogP contribution in [0.3, 0.4) is 0 Å². The number of hydrogen-bond acceptors (Lipinski definition) is 5. The van der Waals surface area contributed by atoms with Crippen molar-refractivity contribution >= 4 is 51.7 Å². The standard InChI is InChI=1S/C25H22Cl2N2O4/c1-13(2)16(8-9-26)14-4-6-15(7-5-14)17-10-18-20(11-19(17)27)28-25(31)23(18)24(30)21-12-22(32-3)29-33-21/h4-7,10-12,30H,8-9H2,1-3H3,(H,28,31)/b24-23+. The van der Waals surface area contributed by atoms with Gasteiger partial charge in [-0.2, -0.15) is 0 Å². The van der Waals surface area contributed by atoms with E-state index in [9.17, 15) is 9.90 Å². The van der Waals surface area contributed by atoms with Gasteiger partial charge in [0.15, 0.2) is 5.76 Å². The minimum Gasteiger partial charge on any atom is -0.504 e. The Morgan fingerprint density at radius 2 is 1.88 bits per heavy atom. The van der Waals surface area contributed by atoms with Crippen LogP contribution in [0.25, 0.3) is 28.0 Å². The zero-order valence-electron chi connectivity index (χ0n) is 18.3. The molecule has 0 spiro atoms. The van der Waals surface area contributed by atoms with E-state index in [1.165, 1.54) is 24.3 Å². The molecule has 4 rings (SSSR count). The van der Waals surface area contributed by atoms with Gasteiger partial charge in [0.1, 0.15) is 0 Å². The number of benzene rings is 2. The van der Waals surface area contributed by atoms with Crippen LogP contribution in [0.5, 0.6) is 5.88 Å². The first-order valence-corrected chi connectivity index (χ1v) is 11.2. The molecule has 2 heterocycles. The van der Waals surface area contributed by atoms with Gasteiger partial charge in [-0.15, -0.1) is 11.6 Å². The van der Waals surface area contributed by atoms with Crippen molar-refractivity contribution in [1.82, 2.24) is 5.16 Å². The van der Waals surface area contributed by atoms with Crippen LogP contribution < -0.4 is 10.1 Å². The lowest BCUT2D eigenvalue weighted by atomic mass is 9.94. The summed E-state index contributed by atoms with van der Waals surface area (Å²) in [6, 6.07) is 12.9. The van der Waals surface area contributed by atoms with Crippen LogP contribution >= 0.6 is 23.2 Å². The lowest BCUT2D eigenvalue weighted by Gasteiger charge is -2.12. The predicted octanol–water partition coefficient (Wildman–Crippen LogP) is 6.80. The van der Waals surface area contributed by atoms with Gasteiger partial charge >= 0.3 is 0 Å². The minimum absolute atomic E-state index is 0.0271. The molecule has 0 atom stereocenters. The van der Waals surface area contributed by atoms with E-state index in [1.54, 1.807) is 12.1 Å². The average molecular weight is 485 g/mol. The Kier molecular flexibility index (Phi) is 6.49. The summed E-state index contributed by atoms with van der Waals surface area (Å²) >= 11 is 12.5. The number of aliphatic hydroxyl groups is 1. The van der Waals surface area contributed by atoms with E-state index in [-0.39, 0.29) is 23.0 Å². The Labute approximate surface area is 201 Å². The highest BCUT2D eigenvalue weighted by Crippen LogP contribution is 2.42. The van der Waals surface area contributed by atoms with Crippen molar-refractivity contribution in [2.45, 2.75) is 20.3 Å². The van der Waals surface area contributed by atoms with E-state index in [2.05, 4.69) is 24.3 Å². The van der Waals surface area contributed by atoms with Gasteiger partial charge in [-0.3, -0.25) is 4.79 Å².